The number of aromatic nitrogens is 1. The fraction of sp³-hybridized carbons (Fsp3) is 0.429. The number of hydrogen-bond acceptors (Lipinski definition) is 3. The van der Waals surface area contributed by atoms with Gasteiger partial charge in [0.05, 0.1) is 19.7 Å². The maximum Gasteiger partial charge on any atom is 0.132 e. The minimum atomic E-state index is 0.120. The second-order valence-corrected chi connectivity index (χ2v) is 4.66. The predicted octanol–water partition coefficient (Wildman–Crippen LogP) is 2.38. The van der Waals surface area contributed by atoms with Crippen molar-refractivity contribution in [3.8, 4) is 11.5 Å². The SMILES string of the molecule is COc1cc(OC)c2c(CC(C)N)c(C)[nH]c2c1. The molecule has 2 aromatic rings. The number of nitrogens with two attached hydrogens (primary N) is 1. The number of aryl methyl sites for hydroxylation is 1. The lowest BCUT2D eigenvalue weighted by atomic mass is 10.0. The first-order valence-electron chi connectivity index (χ1n) is 6.05. The molecule has 3 N–H and O–H groups in total. The van der Waals surface area contributed by atoms with Crippen molar-refractivity contribution in [2.75, 3.05) is 14.2 Å². The van der Waals surface area contributed by atoms with Crippen LogP contribution in [-0.4, -0.2) is 25.2 Å². The Morgan fingerprint density at radius 3 is 2.56 bits per heavy atom. The van der Waals surface area contributed by atoms with Gasteiger partial charge >= 0.3 is 0 Å². The van der Waals surface area contributed by atoms with Gasteiger partial charge in [-0.1, -0.05) is 0 Å². The molecule has 0 aliphatic heterocycles. The van der Waals surface area contributed by atoms with Crippen molar-refractivity contribution in [1.82, 2.24) is 4.98 Å². The smallest absolute Gasteiger partial charge is 0.132 e. The van der Waals surface area contributed by atoms with Gasteiger partial charge in [-0.25, -0.2) is 0 Å². The van der Waals surface area contributed by atoms with Crippen molar-refractivity contribution < 1.29 is 9.47 Å². The highest BCUT2D eigenvalue weighted by atomic mass is 16.5. The zero-order valence-electron chi connectivity index (χ0n) is 11.3. The molecular weight excluding hydrogens is 228 g/mol. The number of fused-ring (bicyclic) bond motifs is 1. The van der Waals surface area contributed by atoms with E-state index in [4.69, 9.17) is 15.2 Å². The molecule has 2 rings (SSSR count). The Morgan fingerprint density at radius 2 is 2.00 bits per heavy atom. The summed E-state index contributed by atoms with van der Waals surface area (Å²) in [5.41, 5.74) is 9.29. The van der Waals surface area contributed by atoms with Crippen LogP contribution in [0.2, 0.25) is 0 Å². The molecule has 0 spiro atoms. The molecule has 0 bridgehead atoms. The molecule has 98 valence electrons. The minimum Gasteiger partial charge on any atom is -0.497 e. The molecule has 4 nitrogen and oxygen atoms in total. The van der Waals surface area contributed by atoms with Crippen molar-refractivity contribution in [2.24, 2.45) is 5.73 Å². The van der Waals surface area contributed by atoms with Crippen LogP contribution < -0.4 is 15.2 Å². The third kappa shape index (κ3) is 2.16. The molecule has 0 aliphatic carbocycles. The van der Waals surface area contributed by atoms with Crippen molar-refractivity contribution in [1.29, 1.82) is 0 Å². The van der Waals surface area contributed by atoms with Crippen LogP contribution in [-0.2, 0) is 6.42 Å². The van der Waals surface area contributed by atoms with Crippen LogP contribution in [0.3, 0.4) is 0 Å². The van der Waals surface area contributed by atoms with Crippen LogP contribution in [0, 0.1) is 6.92 Å². The van der Waals surface area contributed by atoms with Gasteiger partial charge in [0.15, 0.2) is 0 Å². The first kappa shape index (κ1) is 12.8. The third-order valence-corrected chi connectivity index (χ3v) is 3.13. The van der Waals surface area contributed by atoms with E-state index in [0.29, 0.717) is 0 Å². The van der Waals surface area contributed by atoms with Gasteiger partial charge in [0, 0.05) is 29.3 Å². The van der Waals surface area contributed by atoms with Crippen LogP contribution in [0.4, 0.5) is 0 Å². The number of hydrogen-bond donors (Lipinski definition) is 2. The van der Waals surface area contributed by atoms with E-state index in [9.17, 15) is 0 Å². The Labute approximate surface area is 107 Å². The molecule has 1 aromatic heterocycles. The summed E-state index contributed by atoms with van der Waals surface area (Å²) in [6, 6.07) is 4.00. The molecule has 1 unspecified atom stereocenters. The lowest BCUT2D eigenvalue weighted by Crippen LogP contribution is -2.18. The van der Waals surface area contributed by atoms with Gasteiger partial charge in [0.1, 0.15) is 11.5 Å². The summed E-state index contributed by atoms with van der Waals surface area (Å²) in [4.78, 5) is 3.37. The highest BCUT2D eigenvalue weighted by Gasteiger charge is 2.15. The Morgan fingerprint density at radius 1 is 1.28 bits per heavy atom. The van der Waals surface area contributed by atoms with E-state index in [1.54, 1.807) is 14.2 Å². The summed E-state index contributed by atoms with van der Waals surface area (Å²) in [6.07, 6.45) is 0.828. The number of benzene rings is 1. The molecule has 0 fully saturated rings. The standard InChI is InChI=1S/C14H20N2O2/c1-8(15)5-11-9(2)16-12-6-10(17-3)7-13(18-4)14(11)12/h6-8,16H,5,15H2,1-4H3. The van der Waals surface area contributed by atoms with E-state index < -0.39 is 0 Å². The summed E-state index contributed by atoms with van der Waals surface area (Å²) in [7, 11) is 3.32. The Bertz CT molecular complexity index is 558. The molecule has 0 aliphatic rings. The number of ether oxygens (including phenoxy) is 2. The molecule has 1 aromatic carbocycles. The van der Waals surface area contributed by atoms with Gasteiger partial charge in [-0.3, -0.25) is 0 Å². The van der Waals surface area contributed by atoms with Crippen LogP contribution >= 0.6 is 0 Å². The monoisotopic (exact) mass is 248 g/mol. The summed E-state index contributed by atoms with van der Waals surface area (Å²) in [5.74, 6) is 1.61. The van der Waals surface area contributed by atoms with E-state index in [0.717, 1.165) is 34.5 Å². The molecule has 1 heterocycles. The quantitative estimate of drug-likeness (QED) is 0.873. The zero-order valence-corrected chi connectivity index (χ0v) is 11.3. The van der Waals surface area contributed by atoms with Gasteiger partial charge < -0.3 is 20.2 Å². The van der Waals surface area contributed by atoms with Crippen LogP contribution in [0.15, 0.2) is 12.1 Å². The average molecular weight is 248 g/mol. The van der Waals surface area contributed by atoms with Crippen molar-refractivity contribution in [3.63, 3.8) is 0 Å². The van der Waals surface area contributed by atoms with E-state index in [-0.39, 0.29) is 6.04 Å². The van der Waals surface area contributed by atoms with E-state index >= 15 is 0 Å². The lowest BCUT2D eigenvalue weighted by Gasteiger charge is -2.09. The molecule has 18 heavy (non-hydrogen) atoms. The Kier molecular flexibility index (Phi) is 3.48. The first-order chi connectivity index (χ1) is 8.56. The van der Waals surface area contributed by atoms with E-state index in [2.05, 4.69) is 11.9 Å². The molecule has 4 heteroatoms. The Hall–Kier alpha value is -1.68. The van der Waals surface area contributed by atoms with Crippen molar-refractivity contribution >= 4 is 10.9 Å². The highest BCUT2D eigenvalue weighted by Crippen LogP contribution is 2.35. The molecule has 1 atom stereocenters. The van der Waals surface area contributed by atoms with Gasteiger partial charge in [0.2, 0.25) is 0 Å². The maximum atomic E-state index is 5.91. The molecular formula is C14H20N2O2. The summed E-state index contributed by atoms with van der Waals surface area (Å²) >= 11 is 0. The van der Waals surface area contributed by atoms with Gasteiger partial charge in [-0.2, -0.15) is 0 Å². The largest absolute Gasteiger partial charge is 0.497 e. The molecule has 0 radical (unpaired) electrons. The number of rotatable bonds is 4. The number of methoxy groups -OCH3 is 2. The second-order valence-electron chi connectivity index (χ2n) is 4.66. The van der Waals surface area contributed by atoms with Crippen LogP contribution in [0.25, 0.3) is 10.9 Å². The fourth-order valence-corrected chi connectivity index (χ4v) is 2.32. The minimum absolute atomic E-state index is 0.120. The fourth-order valence-electron chi connectivity index (χ4n) is 2.32. The van der Waals surface area contributed by atoms with E-state index in [1.165, 1.54) is 5.56 Å². The van der Waals surface area contributed by atoms with E-state index in [1.807, 2.05) is 19.1 Å². The topological polar surface area (TPSA) is 60.3 Å². The number of aromatic amines is 1. The van der Waals surface area contributed by atoms with Gasteiger partial charge in [0.25, 0.3) is 0 Å². The number of nitrogens with one attached hydrogen (secondary N) is 1. The lowest BCUT2D eigenvalue weighted by molar-refractivity contribution is 0.398. The van der Waals surface area contributed by atoms with Crippen molar-refractivity contribution in [3.05, 3.63) is 23.4 Å². The number of H-pyrrole nitrogens is 1. The van der Waals surface area contributed by atoms with Crippen molar-refractivity contribution in [2.45, 2.75) is 26.3 Å². The van der Waals surface area contributed by atoms with Gasteiger partial charge in [-0.15, -0.1) is 0 Å². The van der Waals surface area contributed by atoms with Gasteiger partial charge in [-0.05, 0) is 25.8 Å². The highest BCUT2D eigenvalue weighted by molar-refractivity contribution is 5.92. The molecule has 0 saturated heterocycles. The summed E-state index contributed by atoms with van der Waals surface area (Å²) in [5, 5.41) is 1.10. The van der Waals surface area contributed by atoms with Crippen LogP contribution in [0.1, 0.15) is 18.2 Å². The molecule has 0 saturated carbocycles. The maximum absolute atomic E-state index is 5.91. The second kappa shape index (κ2) is 4.90. The summed E-state index contributed by atoms with van der Waals surface area (Å²) < 4.78 is 10.7. The predicted molar refractivity (Wildman–Crippen MR) is 73.5 cm³/mol. The third-order valence-electron chi connectivity index (χ3n) is 3.13. The van der Waals surface area contributed by atoms with Crippen LogP contribution in [0.5, 0.6) is 11.5 Å². The average Bonchev–Trinajstić information content (AvgIpc) is 2.64. The molecule has 0 amide bonds. The summed E-state index contributed by atoms with van der Waals surface area (Å²) in [6.45, 7) is 4.07. The first-order valence-corrected chi connectivity index (χ1v) is 6.05. The Balaban J connectivity index is 2.67. The zero-order chi connectivity index (χ0) is 13.3. The normalized spacial score (nSPS) is 12.7.